The normalized spacial score (nSPS) is 12.7. The first-order valence-electron chi connectivity index (χ1n) is 17.6. The Morgan fingerprint density at radius 3 is 1.28 bits per heavy atom. The van der Waals surface area contributed by atoms with Crippen molar-refractivity contribution in [2.24, 2.45) is 0 Å². The third-order valence-electron chi connectivity index (χ3n) is 6.57. The van der Waals surface area contributed by atoms with Crippen LogP contribution in [0.15, 0.2) is 122 Å². The maximum absolute atomic E-state index is 10.3. The monoisotopic (exact) mass is 632 g/mol. The number of hydrogen-bond donors (Lipinski definition) is 2. The van der Waals surface area contributed by atoms with Crippen LogP contribution < -0.4 is 0 Å². The smallest absolute Gasteiger partial charge is 0.328 e. The summed E-state index contributed by atoms with van der Waals surface area (Å²) in [6, 6.07) is 0. The lowest BCUT2D eigenvalue weighted by molar-refractivity contribution is -0.137. The quantitative estimate of drug-likeness (QED) is 0.0389. The zero-order chi connectivity index (χ0) is 34.0. The van der Waals surface area contributed by atoms with Gasteiger partial charge < -0.3 is 10.2 Å². The first-order chi connectivity index (χ1) is 22.5. The molecule has 0 spiro atoms. The summed E-state index contributed by atoms with van der Waals surface area (Å²) in [6.45, 7) is 4.48. The summed E-state index contributed by atoms with van der Waals surface area (Å²) >= 11 is 0. The average molecular weight is 633 g/mol. The summed E-state index contributed by atoms with van der Waals surface area (Å²) < 4.78 is 0. The second kappa shape index (κ2) is 41.3. The Balaban J connectivity index is 0. The van der Waals surface area contributed by atoms with Gasteiger partial charge in [0.15, 0.2) is 0 Å². The molecule has 0 rings (SSSR count). The lowest BCUT2D eigenvalue weighted by Crippen LogP contribution is -1.92. The molecule has 0 bridgehead atoms. The highest BCUT2D eigenvalue weighted by Crippen LogP contribution is 2.08. The van der Waals surface area contributed by atoms with Crippen molar-refractivity contribution in [3.8, 4) is 0 Å². The number of carbonyl (C=O) groups is 2. The highest BCUT2D eigenvalue weighted by molar-refractivity contribution is 5.80. The molecule has 46 heavy (non-hydrogen) atoms. The molecule has 4 nitrogen and oxygen atoms in total. The van der Waals surface area contributed by atoms with E-state index in [0.29, 0.717) is 0 Å². The van der Waals surface area contributed by atoms with Crippen molar-refractivity contribution in [2.75, 3.05) is 0 Å². The zero-order valence-electron chi connectivity index (χ0n) is 29.0. The number of hydrogen-bond acceptors (Lipinski definition) is 2. The average Bonchev–Trinajstić information content (AvgIpc) is 3.03. The molecule has 256 valence electrons. The molecule has 0 amide bonds. The van der Waals surface area contributed by atoms with E-state index in [2.05, 4.69) is 74.6 Å². The minimum absolute atomic E-state index is 0.262. The van der Waals surface area contributed by atoms with Crippen molar-refractivity contribution in [2.45, 2.75) is 129 Å². The Kier molecular flexibility index (Phi) is 40.0. The van der Waals surface area contributed by atoms with E-state index in [9.17, 15) is 9.59 Å². The van der Waals surface area contributed by atoms with Crippen molar-refractivity contribution < 1.29 is 19.8 Å². The van der Waals surface area contributed by atoms with Gasteiger partial charge in [0.05, 0.1) is 0 Å². The van der Waals surface area contributed by atoms with Gasteiger partial charge in [0.2, 0.25) is 0 Å². The van der Waals surface area contributed by atoms with E-state index >= 15 is 0 Å². The maximum atomic E-state index is 10.3. The Hall–Kier alpha value is -3.66. The maximum Gasteiger partial charge on any atom is 0.328 e. The number of unbranched alkanes of at least 4 members (excludes halogenated alkanes) is 11. The Bertz CT molecular complexity index is 983. The summed E-state index contributed by atoms with van der Waals surface area (Å²) in [5.41, 5.74) is 0. The first-order valence-corrected chi connectivity index (χ1v) is 17.6. The van der Waals surface area contributed by atoms with Gasteiger partial charge in [-0.3, -0.25) is 4.79 Å². The molecule has 0 aliphatic carbocycles. The summed E-state index contributed by atoms with van der Waals surface area (Å²) in [4.78, 5) is 20.5. The van der Waals surface area contributed by atoms with Gasteiger partial charge in [0.25, 0.3) is 0 Å². The minimum atomic E-state index is -0.936. The highest BCUT2D eigenvalue weighted by atomic mass is 16.4. The third-order valence-corrected chi connectivity index (χ3v) is 6.57. The molecule has 0 radical (unpaired) electrons. The molecule has 0 aromatic carbocycles. The fourth-order valence-electron chi connectivity index (χ4n) is 3.98. The van der Waals surface area contributed by atoms with Crippen LogP contribution in [0.1, 0.15) is 129 Å². The Morgan fingerprint density at radius 2 is 0.783 bits per heavy atom. The highest BCUT2D eigenvalue weighted by Gasteiger charge is 1.92. The van der Waals surface area contributed by atoms with Gasteiger partial charge in [-0.05, 0) is 57.8 Å². The third kappa shape index (κ3) is 47.3. The second-order valence-electron chi connectivity index (χ2n) is 10.9. The molecule has 0 saturated heterocycles. The molecule has 0 unspecified atom stereocenters. The Labute approximate surface area is 282 Å². The number of aliphatic carboxylic acids is 2. The second-order valence-corrected chi connectivity index (χ2v) is 10.9. The minimum Gasteiger partial charge on any atom is -0.481 e. The summed E-state index contributed by atoms with van der Waals surface area (Å²) in [6.07, 6.45) is 60.1. The number of carboxylic acids is 2. The summed E-state index contributed by atoms with van der Waals surface area (Å²) in [5, 5.41) is 16.9. The van der Waals surface area contributed by atoms with E-state index < -0.39 is 11.9 Å². The summed E-state index contributed by atoms with van der Waals surface area (Å²) in [7, 11) is 0. The van der Waals surface area contributed by atoms with Crippen LogP contribution in [0, 0.1) is 0 Å². The van der Waals surface area contributed by atoms with E-state index in [4.69, 9.17) is 10.2 Å². The zero-order valence-corrected chi connectivity index (χ0v) is 29.0. The molecule has 0 fully saturated rings. The number of allylic oxidation sites excluding steroid dienone is 19. The predicted octanol–water partition coefficient (Wildman–Crippen LogP) is 12.8. The van der Waals surface area contributed by atoms with Crippen LogP contribution in [-0.4, -0.2) is 22.2 Å². The van der Waals surface area contributed by atoms with Crippen molar-refractivity contribution in [1.82, 2.24) is 0 Å². The molecule has 0 aromatic heterocycles. The molecular formula is C42H64O4. The van der Waals surface area contributed by atoms with Gasteiger partial charge in [-0.15, -0.1) is 0 Å². The van der Waals surface area contributed by atoms with E-state index in [1.807, 2.05) is 36.5 Å². The van der Waals surface area contributed by atoms with Crippen LogP contribution in [0.4, 0.5) is 0 Å². The van der Waals surface area contributed by atoms with Crippen LogP contribution in [0.3, 0.4) is 0 Å². The van der Waals surface area contributed by atoms with Crippen molar-refractivity contribution >= 4 is 11.9 Å². The van der Waals surface area contributed by atoms with Crippen LogP contribution in [-0.2, 0) is 9.59 Å². The Morgan fingerprint density at radius 1 is 0.413 bits per heavy atom. The number of carboxylic acid groups (broad SMARTS) is 2. The van der Waals surface area contributed by atoms with Crippen molar-refractivity contribution in [3.05, 3.63) is 122 Å². The molecule has 0 aromatic rings. The fourth-order valence-corrected chi connectivity index (χ4v) is 3.98. The van der Waals surface area contributed by atoms with E-state index in [0.717, 1.165) is 44.6 Å². The van der Waals surface area contributed by atoms with Gasteiger partial charge in [-0.25, -0.2) is 4.79 Å². The lowest BCUT2D eigenvalue weighted by atomic mass is 10.1. The van der Waals surface area contributed by atoms with Crippen molar-refractivity contribution in [1.29, 1.82) is 0 Å². The molecule has 0 atom stereocenters. The van der Waals surface area contributed by atoms with Crippen molar-refractivity contribution in [3.63, 3.8) is 0 Å². The van der Waals surface area contributed by atoms with Crippen LogP contribution in [0.25, 0.3) is 0 Å². The van der Waals surface area contributed by atoms with Crippen LogP contribution in [0.5, 0.6) is 0 Å². The first kappa shape index (κ1) is 44.5. The van der Waals surface area contributed by atoms with E-state index in [1.165, 1.54) is 76.7 Å². The van der Waals surface area contributed by atoms with Gasteiger partial charge in [0.1, 0.15) is 0 Å². The molecule has 2 N–H and O–H groups in total. The molecule has 0 aliphatic heterocycles. The fraction of sp³-hybridized carbons (Fsp3) is 0.476. The molecule has 0 heterocycles. The molecular weight excluding hydrogens is 568 g/mol. The van der Waals surface area contributed by atoms with E-state index in [-0.39, 0.29) is 6.42 Å². The molecule has 0 saturated carbocycles. The topological polar surface area (TPSA) is 74.6 Å². The van der Waals surface area contributed by atoms with E-state index in [1.54, 1.807) is 12.2 Å². The lowest BCUT2D eigenvalue weighted by Gasteiger charge is -1.98. The SMILES string of the molecule is CCCCC/C=C\C/C=C\C/C=C\C/C=C\CCCC(=O)O.CCCCCCCCC/C=C/C=C/C=C/C=C/C=C/C=C/C(=O)O. The molecule has 4 heteroatoms. The van der Waals surface area contributed by atoms with Crippen LogP contribution in [0.2, 0.25) is 0 Å². The molecule has 0 aliphatic rings. The number of rotatable bonds is 28. The summed E-state index contributed by atoms with van der Waals surface area (Å²) in [5.74, 6) is -1.65. The van der Waals surface area contributed by atoms with Gasteiger partial charge in [-0.2, -0.15) is 0 Å². The van der Waals surface area contributed by atoms with Gasteiger partial charge in [-0.1, -0.05) is 181 Å². The van der Waals surface area contributed by atoms with Crippen LogP contribution >= 0.6 is 0 Å². The van der Waals surface area contributed by atoms with Gasteiger partial charge in [0, 0.05) is 12.5 Å². The predicted molar refractivity (Wildman–Crippen MR) is 201 cm³/mol. The standard InChI is InChI=1S/C22H32O2.C20H32O2/c1-2-3-4-5-6-7-8-9-10-11-12-13-14-15-16-17-18-19-20-21-22(23)24;1-2-3-4-5-6-7-8-9-10-11-12-13-14-15-16-17-18-19-20(21)22/h10-21H,2-9H2,1H3,(H,23,24);6-7,9-10,12-13,15-16H,2-5,8,11,14,17-19H2,1H3,(H,21,22)/b11-10+,13-12+,15-14+,17-16+,19-18+,21-20+;7-6-,10-9-,13-12-,16-15-. The largest absolute Gasteiger partial charge is 0.481 e. The van der Waals surface area contributed by atoms with Gasteiger partial charge >= 0.3 is 11.9 Å².